The molecule has 23 heavy (non-hydrogen) atoms. The maximum atomic E-state index is 12.2. The number of hydrogen-bond donors (Lipinski definition) is 3. The van der Waals surface area contributed by atoms with E-state index in [1.54, 1.807) is 18.3 Å². The van der Waals surface area contributed by atoms with Crippen LogP contribution in [0.2, 0.25) is 0 Å². The Balaban J connectivity index is 1.45. The van der Waals surface area contributed by atoms with E-state index in [4.69, 9.17) is 4.74 Å². The topological polar surface area (TPSA) is 105 Å². The van der Waals surface area contributed by atoms with E-state index in [0.29, 0.717) is 17.3 Å². The van der Waals surface area contributed by atoms with Gasteiger partial charge in [-0.3, -0.25) is 15.1 Å². The minimum absolute atomic E-state index is 0.233. The molecule has 0 fully saturated rings. The zero-order chi connectivity index (χ0) is 15.6. The highest BCUT2D eigenvalue weighted by Gasteiger charge is 2.28. The van der Waals surface area contributed by atoms with Crippen LogP contribution in [0.3, 0.4) is 0 Å². The lowest BCUT2D eigenvalue weighted by Crippen LogP contribution is -2.36. The molecule has 8 nitrogen and oxygen atoms in total. The SMILES string of the molecule is O=C(Nc1nnc(-c2ccccn2)[nH]1)C1Nc2ccccc2O1. The summed E-state index contributed by atoms with van der Waals surface area (Å²) in [5.41, 5.74) is 1.42. The molecule has 0 spiro atoms. The number of hydrogen-bond acceptors (Lipinski definition) is 6. The second kappa shape index (κ2) is 5.41. The number of anilines is 2. The second-order valence-corrected chi connectivity index (χ2v) is 4.86. The number of para-hydroxylation sites is 2. The van der Waals surface area contributed by atoms with Crippen molar-refractivity contribution in [2.75, 3.05) is 10.6 Å². The maximum Gasteiger partial charge on any atom is 0.289 e. The Bertz CT molecular complexity index is 823. The summed E-state index contributed by atoms with van der Waals surface area (Å²) in [7, 11) is 0. The molecule has 3 aromatic rings. The summed E-state index contributed by atoms with van der Waals surface area (Å²) in [6, 6.07) is 12.8. The molecule has 1 aromatic carbocycles. The Morgan fingerprint density at radius 1 is 1.13 bits per heavy atom. The summed E-state index contributed by atoms with van der Waals surface area (Å²) in [5.74, 6) is 0.978. The van der Waals surface area contributed by atoms with Gasteiger partial charge in [0.15, 0.2) is 5.82 Å². The van der Waals surface area contributed by atoms with E-state index in [1.807, 2.05) is 30.3 Å². The third kappa shape index (κ3) is 2.57. The maximum absolute atomic E-state index is 12.2. The van der Waals surface area contributed by atoms with Crippen molar-refractivity contribution in [1.29, 1.82) is 0 Å². The lowest BCUT2D eigenvalue weighted by molar-refractivity contribution is -0.121. The van der Waals surface area contributed by atoms with Gasteiger partial charge in [-0.1, -0.05) is 18.2 Å². The fourth-order valence-corrected chi connectivity index (χ4v) is 2.22. The van der Waals surface area contributed by atoms with Crippen molar-refractivity contribution in [2.24, 2.45) is 0 Å². The molecular weight excluding hydrogens is 296 g/mol. The number of nitrogens with zero attached hydrogens (tertiary/aromatic N) is 3. The van der Waals surface area contributed by atoms with E-state index in [1.165, 1.54) is 0 Å². The summed E-state index contributed by atoms with van der Waals surface area (Å²) in [6.45, 7) is 0. The van der Waals surface area contributed by atoms with Crippen molar-refractivity contribution < 1.29 is 9.53 Å². The van der Waals surface area contributed by atoms with E-state index in [2.05, 4.69) is 30.8 Å². The van der Waals surface area contributed by atoms with Gasteiger partial charge < -0.3 is 15.0 Å². The summed E-state index contributed by atoms with van der Waals surface area (Å²) in [5, 5.41) is 13.5. The number of amides is 1. The summed E-state index contributed by atoms with van der Waals surface area (Å²) >= 11 is 0. The third-order valence-electron chi connectivity index (χ3n) is 3.29. The number of aromatic amines is 1. The number of benzene rings is 1. The first-order valence-corrected chi connectivity index (χ1v) is 6.97. The molecule has 0 aliphatic carbocycles. The van der Waals surface area contributed by atoms with Gasteiger partial charge in [0.05, 0.1) is 5.69 Å². The van der Waals surface area contributed by atoms with Gasteiger partial charge in [-0.25, -0.2) is 0 Å². The number of carbonyl (C=O) groups is 1. The number of rotatable bonds is 3. The molecule has 0 saturated heterocycles. The van der Waals surface area contributed by atoms with Crippen LogP contribution in [0.1, 0.15) is 0 Å². The van der Waals surface area contributed by atoms with Gasteiger partial charge in [0, 0.05) is 6.20 Å². The van der Waals surface area contributed by atoms with E-state index < -0.39 is 6.23 Å². The molecule has 3 N–H and O–H groups in total. The van der Waals surface area contributed by atoms with E-state index in [-0.39, 0.29) is 11.9 Å². The van der Waals surface area contributed by atoms with Crippen LogP contribution in [-0.2, 0) is 4.79 Å². The monoisotopic (exact) mass is 308 g/mol. The number of pyridine rings is 1. The Morgan fingerprint density at radius 2 is 2.00 bits per heavy atom. The highest BCUT2D eigenvalue weighted by Crippen LogP contribution is 2.31. The molecule has 8 heteroatoms. The first kappa shape index (κ1) is 13.3. The Kier molecular flexibility index (Phi) is 3.12. The number of H-pyrrole nitrogens is 1. The van der Waals surface area contributed by atoms with Crippen molar-refractivity contribution >= 4 is 17.5 Å². The molecule has 1 amide bonds. The van der Waals surface area contributed by atoms with Crippen molar-refractivity contribution in [3.05, 3.63) is 48.7 Å². The predicted molar refractivity (Wildman–Crippen MR) is 82.7 cm³/mol. The molecule has 0 saturated carbocycles. The van der Waals surface area contributed by atoms with Gasteiger partial charge in [0.25, 0.3) is 5.91 Å². The molecule has 1 unspecified atom stereocenters. The number of nitrogens with one attached hydrogen (secondary N) is 3. The molecule has 114 valence electrons. The minimum Gasteiger partial charge on any atom is -0.459 e. The Morgan fingerprint density at radius 3 is 2.83 bits per heavy atom. The van der Waals surface area contributed by atoms with Gasteiger partial charge >= 0.3 is 0 Å². The Hall–Kier alpha value is -3.42. The first-order valence-electron chi connectivity index (χ1n) is 6.97. The van der Waals surface area contributed by atoms with Crippen LogP contribution in [0, 0.1) is 0 Å². The van der Waals surface area contributed by atoms with Crippen molar-refractivity contribution in [1.82, 2.24) is 20.2 Å². The standard InChI is InChI=1S/C15H12N6O2/c22-13(14-17-9-5-1-2-7-11(9)23-14)19-15-18-12(20-21-15)10-6-3-4-8-16-10/h1-8,14,17H,(H2,18,19,20,21,22). The molecule has 0 radical (unpaired) electrons. The number of fused-ring (bicyclic) bond motifs is 1. The van der Waals surface area contributed by atoms with Crippen LogP contribution in [0.4, 0.5) is 11.6 Å². The second-order valence-electron chi connectivity index (χ2n) is 4.86. The molecule has 4 rings (SSSR count). The average molecular weight is 308 g/mol. The van der Waals surface area contributed by atoms with Crippen LogP contribution in [-0.4, -0.2) is 32.3 Å². The molecule has 0 bridgehead atoms. The van der Waals surface area contributed by atoms with E-state index >= 15 is 0 Å². The lowest BCUT2D eigenvalue weighted by atomic mass is 10.3. The highest BCUT2D eigenvalue weighted by molar-refractivity contribution is 5.95. The molecule has 3 heterocycles. The number of carbonyl (C=O) groups excluding carboxylic acids is 1. The molecule has 1 aliphatic heterocycles. The average Bonchev–Trinajstić information content (AvgIpc) is 3.22. The molecule has 1 atom stereocenters. The van der Waals surface area contributed by atoms with Crippen LogP contribution in [0.5, 0.6) is 5.75 Å². The molecular formula is C15H12N6O2. The smallest absolute Gasteiger partial charge is 0.289 e. The van der Waals surface area contributed by atoms with E-state index in [0.717, 1.165) is 5.69 Å². The quantitative estimate of drug-likeness (QED) is 0.679. The highest BCUT2D eigenvalue weighted by atomic mass is 16.5. The predicted octanol–water partition coefficient (Wildman–Crippen LogP) is 1.64. The zero-order valence-electron chi connectivity index (χ0n) is 11.9. The normalized spacial score (nSPS) is 15.4. The van der Waals surface area contributed by atoms with Crippen LogP contribution < -0.4 is 15.4 Å². The van der Waals surface area contributed by atoms with Gasteiger partial charge in [0.1, 0.15) is 11.4 Å². The summed E-state index contributed by atoms with van der Waals surface area (Å²) in [4.78, 5) is 19.3. The van der Waals surface area contributed by atoms with Crippen LogP contribution in [0.25, 0.3) is 11.5 Å². The van der Waals surface area contributed by atoms with Gasteiger partial charge in [-0.15, -0.1) is 10.2 Å². The third-order valence-corrected chi connectivity index (χ3v) is 3.29. The van der Waals surface area contributed by atoms with Crippen molar-refractivity contribution in [3.63, 3.8) is 0 Å². The zero-order valence-corrected chi connectivity index (χ0v) is 11.9. The van der Waals surface area contributed by atoms with Gasteiger partial charge in [-0.05, 0) is 24.3 Å². The Labute approximate surface area is 130 Å². The minimum atomic E-state index is -0.809. The van der Waals surface area contributed by atoms with Gasteiger partial charge in [-0.2, -0.15) is 0 Å². The largest absolute Gasteiger partial charge is 0.459 e. The summed E-state index contributed by atoms with van der Waals surface area (Å²) < 4.78 is 5.53. The van der Waals surface area contributed by atoms with Crippen molar-refractivity contribution in [2.45, 2.75) is 6.23 Å². The first-order chi connectivity index (χ1) is 11.3. The van der Waals surface area contributed by atoms with Gasteiger partial charge in [0.2, 0.25) is 12.2 Å². The van der Waals surface area contributed by atoms with Crippen molar-refractivity contribution in [3.8, 4) is 17.3 Å². The fourth-order valence-electron chi connectivity index (χ4n) is 2.22. The lowest BCUT2D eigenvalue weighted by Gasteiger charge is -2.09. The molecule has 1 aliphatic rings. The fraction of sp³-hybridized carbons (Fsp3) is 0.0667. The van der Waals surface area contributed by atoms with Crippen LogP contribution in [0.15, 0.2) is 48.7 Å². The number of aromatic nitrogens is 4. The summed E-state index contributed by atoms with van der Waals surface area (Å²) in [6.07, 6.45) is 0.847. The van der Waals surface area contributed by atoms with Crippen LogP contribution >= 0.6 is 0 Å². The molecule has 2 aromatic heterocycles. The van der Waals surface area contributed by atoms with E-state index in [9.17, 15) is 4.79 Å². The number of ether oxygens (including phenoxy) is 1.